The summed E-state index contributed by atoms with van der Waals surface area (Å²) in [6.45, 7) is 2.04. The molecule has 7 nitrogen and oxygen atoms in total. The predicted octanol–water partition coefficient (Wildman–Crippen LogP) is 2.69. The van der Waals surface area contributed by atoms with Crippen LogP contribution in [0.15, 0.2) is 42.7 Å². The Hall–Kier alpha value is -3.35. The molecule has 2 aromatic heterocycles. The summed E-state index contributed by atoms with van der Waals surface area (Å²) < 4.78 is 11.0. The quantitative estimate of drug-likeness (QED) is 0.543. The Morgan fingerprint density at radius 1 is 1.08 bits per heavy atom. The maximum Gasteiger partial charge on any atom is 0.310 e. The molecule has 0 spiro atoms. The van der Waals surface area contributed by atoms with Crippen molar-refractivity contribution in [2.75, 3.05) is 18.1 Å². The number of fused-ring (bicyclic) bond motifs is 1. The van der Waals surface area contributed by atoms with Crippen LogP contribution in [-0.4, -0.2) is 22.5 Å². The van der Waals surface area contributed by atoms with Crippen LogP contribution < -0.4 is 16.2 Å². The lowest BCUT2D eigenvalue weighted by molar-refractivity contribution is -0.142. The standard InChI is InChI=1S/C18H18N4O3/c1-2-24-16(23)10-12-15(7-9-22-18(12)20)25-14-6-5-13(19)17-11(14)4-3-8-21-17/h3-9H,2,10,19H2,1H3,(H2,20,22). The second-order valence-electron chi connectivity index (χ2n) is 5.31. The van der Waals surface area contributed by atoms with Crippen LogP contribution >= 0.6 is 0 Å². The molecule has 3 rings (SSSR count). The highest BCUT2D eigenvalue weighted by molar-refractivity contribution is 5.94. The van der Waals surface area contributed by atoms with E-state index in [-0.39, 0.29) is 12.2 Å². The first kappa shape index (κ1) is 16.5. The Kier molecular flexibility index (Phi) is 4.65. The van der Waals surface area contributed by atoms with Crippen molar-refractivity contribution in [2.45, 2.75) is 13.3 Å². The number of nitrogen functional groups attached to an aromatic ring is 2. The molecule has 4 N–H and O–H groups in total. The third-order valence-electron chi connectivity index (χ3n) is 3.65. The van der Waals surface area contributed by atoms with Crippen molar-refractivity contribution >= 4 is 28.4 Å². The molecule has 0 aliphatic heterocycles. The minimum absolute atomic E-state index is 0.0198. The number of pyridine rings is 2. The Bertz CT molecular complexity index is 927. The molecule has 0 atom stereocenters. The van der Waals surface area contributed by atoms with Crippen LogP contribution in [-0.2, 0) is 16.0 Å². The van der Waals surface area contributed by atoms with E-state index in [2.05, 4.69) is 9.97 Å². The van der Waals surface area contributed by atoms with Crippen LogP contribution in [0.25, 0.3) is 10.9 Å². The summed E-state index contributed by atoms with van der Waals surface area (Å²) >= 11 is 0. The van der Waals surface area contributed by atoms with Crippen molar-refractivity contribution in [1.82, 2.24) is 9.97 Å². The van der Waals surface area contributed by atoms with Crippen molar-refractivity contribution in [3.63, 3.8) is 0 Å². The molecule has 3 aromatic rings. The van der Waals surface area contributed by atoms with E-state index in [1.807, 2.05) is 6.07 Å². The third kappa shape index (κ3) is 3.45. The van der Waals surface area contributed by atoms with Gasteiger partial charge in [-0.1, -0.05) is 0 Å². The molecule has 0 aliphatic rings. The SMILES string of the molecule is CCOC(=O)Cc1c(Oc2ccc(N)c3ncccc23)ccnc1N. The molecule has 0 aliphatic carbocycles. The van der Waals surface area contributed by atoms with Gasteiger partial charge in [0, 0.05) is 23.3 Å². The van der Waals surface area contributed by atoms with Crippen LogP contribution in [0.5, 0.6) is 11.5 Å². The first-order valence-corrected chi connectivity index (χ1v) is 7.80. The zero-order valence-electron chi connectivity index (χ0n) is 13.7. The number of esters is 1. The van der Waals surface area contributed by atoms with E-state index in [1.54, 1.807) is 37.4 Å². The normalized spacial score (nSPS) is 10.6. The van der Waals surface area contributed by atoms with E-state index in [4.69, 9.17) is 20.9 Å². The molecule has 0 saturated carbocycles. The van der Waals surface area contributed by atoms with Gasteiger partial charge in [-0.3, -0.25) is 9.78 Å². The summed E-state index contributed by atoms with van der Waals surface area (Å²) in [5.41, 5.74) is 13.6. The molecule has 7 heteroatoms. The fourth-order valence-electron chi connectivity index (χ4n) is 2.50. The Morgan fingerprint density at radius 3 is 2.72 bits per heavy atom. The molecule has 25 heavy (non-hydrogen) atoms. The van der Waals surface area contributed by atoms with Gasteiger partial charge in [0.25, 0.3) is 0 Å². The number of nitrogens with zero attached hydrogens (tertiary/aromatic N) is 2. The summed E-state index contributed by atoms with van der Waals surface area (Å²) in [6.07, 6.45) is 3.17. The lowest BCUT2D eigenvalue weighted by atomic mass is 10.1. The van der Waals surface area contributed by atoms with Gasteiger partial charge in [0.15, 0.2) is 0 Å². The minimum atomic E-state index is -0.393. The second kappa shape index (κ2) is 7.04. The second-order valence-corrected chi connectivity index (χ2v) is 5.31. The van der Waals surface area contributed by atoms with E-state index >= 15 is 0 Å². The van der Waals surface area contributed by atoms with Crippen LogP contribution in [0, 0.1) is 0 Å². The Balaban J connectivity index is 2.00. The smallest absolute Gasteiger partial charge is 0.310 e. The average molecular weight is 338 g/mol. The number of ether oxygens (including phenoxy) is 2. The van der Waals surface area contributed by atoms with Crippen LogP contribution in [0.2, 0.25) is 0 Å². The summed E-state index contributed by atoms with van der Waals surface area (Å²) in [4.78, 5) is 20.1. The average Bonchev–Trinajstić information content (AvgIpc) is 2.61. The maximum atomic E-state index is 11.8. The summed E-state index contributed by atoms with van der Waals surface area (Å²) in [5.74, 6) is 0.836. The molecule has 128 valence electrons. The van der Waals surface area contributed by atoms with E-state index in [1.165, 1.54) is 6.20 Å². The molecular formula is C18H18N4O3. The number of hydrogen-bond donors (Lipinski definition) is 2. The largest absolute Gasteiger partial charge is 0.466 e. The first-order chi connectivity index (χ1) is 12.1. The maximum absolute atomic E-state index is 11.8. The van der Waals surface area contributed by atoms with Gasteiger partial charge in [0.2, 0.25) is 0 Å². The van der Waals surface area contributed by atoms with Crippen molar-refractivity contribution in [2.24, 2.45) is 0 Å². The summed E-state index contributed by atoms with van der Waals surface area (Å²) in [6, 6.07) is 8.80. The van der Waals surface area contributed by atoms with Crippen molar-refractivity contribution in [1.29, 1.82) is 0 Å². The number of anilines is 2. The monoisotopic (exact) mass is 338 g/mol. The van der Waals surface area contributed by atoms with Crippen molar-refractivity contribution < 1.29 is 14.3 Å². The fourth-order valence-corrected chi connectivity index (χ4v) is 2.50. The van der Waals surface area contributed by atoms with Gasteiger partial charge in [-0.15, -0.1) is 0 Å². The number of benzene rings is 1. The highest BCUT2D eigenvalue weighted by atomic mass is 16.5. The van der Waals surface area contributed by atoms with Crippen LogP contribution in [0.3, 0.4) is 0 Å². The van der Waals surface area contributed by atoms with Crippen molar-refractivity contribution in [3.8, 4) is 11.5 Å². The van der Waals surface area contributed by atoms with Gasteiger partial charge in [0.1, 0.15) is 17.3 Å². The zero-order valence-corrected chi connectivity index (χ0v) is 13.7. The van der Waals surface area contributed by atoms with Crippen LogP contribution in [0.4, 0.5) is 11.5 Å². The van der Waals surface area contributed by atoms with Gasteiger partial charge in [-0.05, 0) is 37.3 Å². The highest BCUT2D eigenvalue weighted by Crippen LogP contribution is 2.34. The Morgan fingerprint density at radius 2 is 1.92 bits per heavy atom. The number of aromatic nitrogens is 2. The number of carbonyl (C=O) groups is 1. The van der Waals surface area contributed by atoms with Gasteiger partial charge in [0.05, 0.1) is 24.2 Å². The molecule has 0 bridgehead atoms. The van der Waals surface area contributed by atoms with E-state index in [9.17, 15) is 4.79 Å². The van der Waals surface area contributed by atoms with Gasteiger partial charge in [-0.25, -0.2) is 4.98 Å². The predicted molar refractivity (Wildman–Crippen MR) is 95.2 cm³/mol. The number of carbonyl (C=O) groups excluding carboxylic acids is 1. The zero-order chi connectivity index (χ0) is 17.8. The topological polar surface area (TPSA) is 113 Å². The third-order valence-corrected chi connectivity index (χ3v) is 3.65. The molecule has 0 fully saturated rings. The molecule has 0 unspecified atom stereocenters. The number of hydrogen-bond acceptors (Lipinski definition) is 7. The molecule has 0 radical (unpaired) electrons. The number of nitrogens with two attached hydrogens (primary N) is 2. The van der Waals surface area contributed by atoms with E-state index in [0.717, 1.165) is 5.39 Å². The fraction of sp³-hybridized carbons (Fsp3) is 0.167. The van der Waals surface area contributed by atoms with Crippen molar-refractivity contribution in [3.05, 3.63) is 48.3 Å². The lowest BCUT2D eigenvalue weighted by Crippen LogP contribution is -2.11. The lowest BCUT2D eigenvalue weighted by Gasteiger charge is -2.14. The molecular weight excluding hydrogens is 320 g/mol. The highest BCUT2D eigenvalue weighted by Gasteiger charge is 2.16. The Labute approximate surface area is 144 Å². The van der Waals surface area contributed by atoms with Gasteiger partial charge in [-0.2, -0.15) is 0 Å². The summed E-state index contributed by atoms with van der Waals surface area (Å²) in [7, 11) is 0. The molecule has 1 aromatic carbocycles. The van der Waals surface area contributed by atoms with Crippen LogP contribution in [0.1, 0.15) is 12.5 Å². The first-order valence-electron chi connectivity index (χ1n) is 7.80. The molecule has 0 amide bonds. The number of rotatable bonds is 5. The van der Waals surface area contributed by atoms with E-state index in [0.29, 0.717) is 34.9 Å². The van der Waals surface area contributed by atoms with Gasteiger partial charge >= 0.3 is 5.97 Å². The summed E-state index contributed by atoms with van der Waals surface area (Å²) in [5, 5.41) is 0.764. The molecule has 0 saturated heterocycles. The van der Waals surface area contributed by atoms with Gasteiger partial charge < -0.3 is 20.9 Å². The minimum Gasteiger partial charge on any atom is -0.466 e. The molecule has 2 heterocycles. The van der Waals surface area contributed by atoms with E-state index < -0.39 is 5.97 Å².